The Morgan fingerprint density at radius 1 is 1.19 bits per heavy atom. The highest BCUT2D eigenvalue weighted by Crippen LogP contribution is 2.26. The minimum absolute atomic E-state index is 0.0418. The minimum atomic E-state index is -3.05. The van der Waals surface area contributed by atoms with Crippen LogP contribution in [-0.4, -0.2) is 68.9 Å². The summed E-state index contributed by atoms with van der Waals surface area (Å²) in [4.78, 5) is 16.8. The van der Waals surface area contributed by atoms with E-state index in [0.717, 1.165) is 27.7 Å². The topological polar surface area (TPSA) is 70.8 Å². The number of fused-ring (bicyclic) bond motifs is 1. The summed E-state index contributed by atoms with van der Waals surface area (Å²) in [6, 6.07) is 3.82. The Morgan fingerprint density at radius 2 is 1.89 bits per heavy atom. The van der Waals surface area contributed by atoms with E-state index in [9.17, 15) is 13.2 Å². The van der Waals surface area contributed by atoms with Gasteiger partial charge in [-0.15, -0.1) is 0 Å². The first-order valence-electron chi connectivity index (χ1n) is 9.28. The molecule has 0 unspecified atom stereocenters. The van der Waals surface area contributed by atoms with E-state index in [1.165, 1.54) is 0 Å². The smallest absolute Gasteiger partial charge is 0.227 e. The fourth-order valence-corrected chi connectivity index (χ4v) is 5.31. The lowest BCUT2D eigenvalue weighted by Gasteiger charge is -2.29. The van der Waals surface area contributed by atoms with Gasteiger partial charge in [0.05, 0.1) is 24.2 Å². The summed E-state index contributed by atoms with van der Waals surface area (Å²) in [7, 11) is 0.849. The van der Waals surface area contributed by atoms with Gasteiger partial charge in [0, 0.05) is 30.1 Å². The molecule has 7 heteroatoms. The number of hydrogen-bond acceptors (Lipinski definition) is 5. The van der Waals surface area contributed by atoms with Gasteiger partial charge in [-0.25, -0.2) is 8.42 Å². The van der Waals surface area contributed by atoms with Gasteiger partial charge in [-0.2, -0.15) is 0 Å². The molecular weight excluding hydrogens is 364 g/mol. The molecule has 0 aliphatic carbocycles. The van der Waals surface area contributed by atoms with Crippen LogP contribution >= 0.6 is 0 Å². The summed E-state index contributed by atoms with van der Waals surface area (Å²) in [5, 5.41) is 0.957. The summed E-state index contributed by atoms with van der Waals surface area (Å²) in [5.74, 6) is 0.188. The van der Waals surface area contributed by atoms with Gasteiger partial charge in [0.25, 0.3) is 0 Å². The van der Waals surface area contributed by atoms with Crippen LogP contribution in [0.5, 0.6) is 0 Å². The molecule has 148 valence electrons. The van der Waals surface area contributed by atoms with E-state index < -0.39 is 9.84 Å². The summed E-state index contributed by atoms with van der Waals surface area (Å²) in [6.07, 6.45) is 2.39. The molecule has 1 atom stereocenters. The highest BCUT2D eigenvalue weighted by atomic mass is 32.2. The Kier molecular flexibility index (Phi) is 5.63. The second-order valence-electron chi connectivity index (χ2n) is 7.82. The summed E-state index contributed by atoms with van der Waals surface area (Å²) in [6.45, 7) is 5.30. The van der Waals surface area contributed by atoms with Gasteiger partial charge in [0.1, 0.15) is 5.58 Å². The lowest BCUT2D eigenvalue weighted by atomic mass is 10.0. The van der Waals surface area contributed by atoms with Gasteiger partial charge in [0.15, 0.2) is 9.84 Å². The zero-order valence-corrected chi connectivity index (χ0v) is 17.3. The Hall–Kier alpha value is -1.86. The van der Waals surface area contributed by atoms with Crippen molar-refractivity contribution in [3.05, 3.63) is 35.1 Å². The number of carbonyl (C=O) groups excluding carboxylic acids is 1. The van der Waals surface area contributed by atoms with Crippen molar-refractivity contribution in [2.75, 3.05) is 38.7 Å². The Bertz CT molecular complexity index is 946. The molecule has 6 nitrogen and oxygen atoms in total. The molecule has 0 radical (unpaired) electrons. The first kappa shape index (κ1) is 19.9. The zero-order chi connectivity index (χ0) is 19.8. The molecular formula is C20H28N2O4S. The third-order valence-electron chi connectivity index (χ3n) is 5.37. The maximum absolute atomic E-state index is 13.1. The number of benzene rings is 1. The molecule has 0 bridgehead atoms. The molecule has 0 saturated carbocycles. The normalized spacial score (nSPS) is 19.1. The second kappa shape index (κ2) is 7.64. The SMILES string of the molecule is Cc1cc2occ(CC(=O)N(CCN(C)C)[C@H]3CCS(=O)(=O)C3)c2cc1C. The summed E-state index contributed by atoms with van der Waals surface area (Å²) in [5.41, 5.74) is 3.94. The molecule has 0 spiro atoms. The van der Waals surface area contributed by atoms with E-state index in [-0.39, 0.29) is 29.9 Å². The van der Waals surface area contributed by atoms with Gasteiger partial charge in [-0.05, 0) is 57.6 Å². The Morgan fingerprint density at radius 3 is 2.52 bits per heavy atom. The second-order valence-corrected chi connectivity index (χ2v) is 10.0. The van der Waals surface area contributed by atoms with E-state index in [1.54, 1.807) is 11.2 Å². The van der Waals surface area contributed by atoms with Gasteiger partial charge in [0.2, 0.25) is 5.91 Å². The number of nitrogens with zero attached hydrogens (tertiary/aromatic N) is 2. The Labute approximate surface area is 161 Å². The molecule has 1 aliphatic heterocycles. The fraction of sp³-hybridized carbons (Fsp3) is 0.550. The van der Waals surface area contributed by atoms with Crippen LogP contribution in [0.1, 0.15) is 23.1 Å². The lowest BCUT2D eigenvalue weighted by molar-refractivity contribution is -0.132. The van der Waals surface area contributed by atoms with E-state index in [1.807, 2.05) is 38.9 Å². The highest BCUT2D eigenvalue weighted by Gasteiger charge is 2.34. The van der Waals surface area contributed by atoms with Gasteiger partial charge in [-0.3, -0.25) is 4.79 Å². The van der Waals surface area contributed by atoms with Gasteiger partial charge >= 0.3 is 0 Å². The standard InChI is InChI=1S/C20H28N2O4S/c1-14-9-18-16(12-26-19(18)10-15(14)2)11-20(23)22(7-6-21(3)4)17-5-8-27(24,25)13-17/h9-10,12,17H,5-8,11,13H2,1-4H3/t17-/m0/s1. The number of amides is 1. The lowest BCUT2D eigenvalue weighted by Crippen LogP contribution is -2.45. The fourth-order valence-electron chi connectivity index (χ4n) is 3.58. The van der Waals surface area contributed by atoms with E-state index in [0.29, 0.717) is 19.5 Å². The van der Waals surface area contributed by atoms with Crippen molar-refractivity contribution in [2.24, 2.45) is 0 Å². The Balaban J connectivity index is 1.83. The van der Waals surface area contributed by atoms with Crippen LogP contribution in [0.3, 0.4) is 0 Å². The average Bonchev–Trinajstić information content (AvgIpc) is 3.11. The van der Waals surface area contributed by atoms with E-state index >= 15 is 0 Å². The van der Waals surface area contributed by atoms with Crippen LogP contribution in [0.25, 0.3) is 11.0 Å². The number of sulfone groups is 1. The van der Waals surface area contributed by atoms with Crippen LogP contribution in [0, 0.1) is 13.8 Å². The average molecular weight is 393 g/mol. The van der Waals surface area contributed by atoms with E-state index in [2.05, 4.69) is 6.07 Å². The molecule has 27 heavy (non-hydrogen) atoms. The molecule has 0 N–H and O–H groups in total. The number of likely N-dealkylation sites (N-methyl/N-ethyl adjacent to an activating group) is 1. The molecule has 1 aromatic carbocycles. The number of hydrogen-bond donors (Lipinski definition) is 0. The van der Waals surface area contributed by atoms with Crippen molar-refractivity contribution in [1.29, 1.82) is 0 Å². The maximum Gasteiger partial charge on any atom is 0.227 e. The maximum atomic E-state index is 13.1. The molecule has 1 aliphatic rings. The van der Waals surface area contributed by atoms with E-state index in [4.69, 9.17) is 4.42 Å². The number of rotatable bonds is 6. The van der Waals surface area contributed by atoms with Crippen molar-refractivity contribution in [2.45, 2.75) is 32.7 Å². The predicted octanol–water partition coefficient (Wildman–Crippen LogP) is 2.17. The number of aryl methyl sites for hydroxylation is 2. The monoisotopic (exact) mass is 392 g/mol. The van der Waals surface area contributed by atoms with Crippen molar-refractivity contribution in [3.8, 4) is 0 Å². The van der Waals surface area contributed by atoms with Gasteiger partial charge < -0.3 is 14.2 Å². The third kappa shape index (κ3) is 4.52. The zero-order valence-electron chi connectivity index (χ0n) is 16.5. The molecule has 1 saturated heterocycles. The van der Waals surface area contributed by atoms with Crippen molar-refractivity contribution in [3.63, 3.8) is 0 Å². The van der Waals surface area contributed by atoms with Crippen molar-refractivity contribution < 1.29 is 17.6 Å². The molecule has 1 aromatic heterocycles. The largest absolute Gasteiger partial charge is 0.464 e. The van der Waals surface area contributed by atoms with Crippen LogP contribution in [0.2, 0.25) is 0 Å². The summed E-state index contributed by atoms with van der Waals surface area (Å²) < 4.78 is 29.5. The number of furan rings is 1. The van der Waals surface area contributed by atoms with Crippen molar-refractivity contribution >= 4 is 26.7 Å². The van der Waals surface area contributed by atoms with Crippen LogP contribution in [-0.2, 0) is 21.1 Å². The quantitative estimate of drug-likeness (QED) is 0.753. The van der Waals surface area contributed by atoms with Crippen LogP contribution in [0.15, 0.2) is 22.8 Å². The first-order valence-corrected chi connectivity index (χ1v) is 11.1. The molecule has 2 aromatic rings. The highest BCUT2D eigenvalue weighted by molar-refractivity contribution is 7.91. The third-order valence-corrected chi connectivity index (χ3v) is 7.12. The van der Waals surface area contributed by atoms with Crippen molar-refractivity contribution in [1.82, 2.24) is 9.80 Å². The minimum Gasteiger partial charge on any atom is -0.464 e. The molecule has 2 heterocycles. The molecule has 3 rings (SSSR count). The summed E-state index contributed by atoms with van der Waals surface area (Å²) >= 11 is 0. The predicted molar refractivity (Wildman–Crippen MR) is 107 cm³/mol. The molecule has 1 amide bonds. The van der Waals surface area contributed by atoms with Crippen LogP contribution in [0.4, 0.5) is 0 Å². The number of carbonyl (C=O) groups is 1. The van der Waals surface area contributed by atoms with Gasteiger partial charge in [-0.1, -0.05) is 0 Å². The van der Waals surface area contributed by atoms with Crippen LogP contribution < -0.4 is 0 Å². The molecule has 1 fully saturated rings. The first-order chi connectivity index (χ1) is 12.7.